The minimum atomic E-state index is -2.58. The summed E-state index contributed by atoms with van der Waals surface area (Å²) in [6.07, 6.45) is 10.4. The Morgan fingerprint density at radius 1 is 0.597 bits per heavy atom. The number of hydrogen-bond acceptors (Lipinski definition) is 7. The van der Waals surface area contributed by atoms with Gasteiger partial charge in [-0.2, -0.15) is 0 Å². The Morgan fingerprint density at radius 2 is 1.07 bits per heavy atom. The molecule has 1 aliphatic carbocycles. The van der Waals surface area contributed by atoms with Gasteiger partial charge in [-0.25, -0.2) is 0 Å². The van der Waals surface area contributed by atoms with Gasteiger partial charge in [0.2, 0.25) is 0 Å². The maximum atomic E-state index is 6.43. The summed E-state index contributed by atoms with van der Waals surface area (Å²) in [5.41, 5.74) is 10.5. The fraction of sp³-hybridized carbons (Fsp3) is 0.328. The van der Waals surface area contributed by atoms with Gasteiger partial charge in [-0.3, -0.25) is 0 Å². The Balaban J connectivity index is 1.46. The van der Waals surface area contributed by atoms with Crippen LogP contribution in [-0.2, 0) is 56.5 Å². The zero-order valence-corrected chi connectivity index (χ0v) is 42.9. The molecule has 0 saturated carbocycles. The van der Waals surface area contributed by atoms with Gasteiger partial charge in [-0.05, 0) is 6.92 Å². The monoisotopic (exact) mass is 1100 g/mol. The Hall–Kier alpha value is -4.37. The molecule has 0 unspecified atom stereocenters. The van der Waals surface area contributed by atoms with E-state index in [1.165, 1.54) is 60.2 Å². The molecule has 5 aromatic rings. The van der Waals surface area contributed by atoms with Gasteiger partial charge >= 0.3 is 345 Å². The number of ether oxygens (including phenoxy) is 7. The van der Waals surface area contributed by atoms with Crippen molar-refractivity contribution in [3.8, 4) is 15.5 Å². The molecule has 0 aromatic heterocycles. The van der Waals surface area contributed by atoms with Crippen LogP contribution in [0.25, 0.3) is 22.8 Å². The molecule has 1 saturated heterocycles. The molecule has 0 atom stereocenters. The van der Waals surface area contributed by atoms with E-state index in [0.717, 1.165) is 24.0 Å². The maximum absolute atomic E-state index is 6.43. The normalized spacial score (nSPS) is 15.8. The molecule has 0 amide bonds. The van der Waals surface area contributed by atoms with Gasteiger partial charge in [0, 0.05) is 14.2 Å². The van der Waals surface area contributed by atoms with Crippen LogP contribution in [0.2, 0.25) is 0 Å². The van der Waals surface area contributed by atoms with Gasteiger partial charge in [-0.1, -0.05) is 0 Å². The van der Waals surface area contributed by atoms with E-state index < -0.39 is 12.7 Å². The molecule has 1 aliphatic heterocycles. The summed E-state index contributed by atoms with van der Waals surface area (Å²) in [5.74, 6) is 0. The van der Waals surface area contributed by atoms with Crippen molar-refractivity contribution in [1.29, 1.82) is 0 Å². The third-order valence-electron chi connectivity index (χ3n) is 12.7. The van der Waals surface area contributed by atoms with Crippen LogP contribution in [0, 0.1) is 4.37 Å². The second kappa shape index (κ2) is 25.8. The average molecular weight is 1100 g/mol. The summed E-state index contributed by atoms with van der Waals surface area (Å²) in [5, 5.41) is 5.02. The number of hydrogen-bond donors (Lipinski definition) is 0. The second-order valence-electron chi connectivity index (χ2n) is 16.6. The molecule has 2 aliphatic rings. The van der Waals surface area contributed by atoms with E-state index in [-0.39, 0.29) is 0 Å². The molecule has 0 N–H and O–H groups in total. The van der Waals surface area contributed by atoms with Crippen LogP contribution in [0.1, 0.15) is 48.9 Å². The molecule has 9 heteroatoms. The topological polar surface area (TPSA) is 64.6 Å². The van der Waals surface area contributed by atoms with Gasteiger partial charge in [0.05, 0.1) is 26.4 Å². The van der Waals surface area contributed by atoms with E-state index in [2.05, 4.69) is 170 Å². The molecule has 0 bridgehead atoms. The Bertz CT molecular complexity index is 2410. The Morgan fingerprint density at radius 3 is 1.57 bits per heavy atom. The van der Waals surface area contributed by atoms with Crippen molar-refractivity contribution < 1.29 is 51.1 Å². The first kappa shape index (κ1) is 50.5. The van der Waals surface area contributed by atoms with E-state index in [1.54, 1.807) is 14.2 Å². The molecular formula is C58H65O7OsP+. The van der Waals surface area contributed by atoms with E-state index in [9.17, 15) is 0 Å². The quantitative estimate of drug-likeness (QED) is 0.0426. The Kier molecular flexibility index (Phi) is 19.5. The molecule has 7 nitrogen and oxygen atoms in total. The van der Waals surface area contributed by atoms with E-state index in [1.807, 2.05) is 17.9 Å². The Labute approximate surface area is 409 Å². The second-order valence-corrected chi connectivity index (χ2v) is 20.6. The van der Waals surface area contributed by atoms with Gasteiger partial charge < -0.3 is 18.9 Å². The molecule has 0 radical (unpaired) electrons. The van der Waals surface area contributed by atoms with Crippen molar-refractivity contribution in [3.05, 3.63) is 184 Å². The summed E-state index contributed by atoms with van der Waals surface area (Å²) in [6.45, 7) is 10.6. The first-order chi connectivity index (χ1) is 33.0. The fourth-order valence-electron chi connectivity index (χ4n) is 9.46. The predicted molar refractivity (Wildman–Crippen MR) is 272 cm³/mol. The molecule has 7 rings (SSSR count). The van der Waals surface area contributed by atoms with Crippen LogP contribution in [0.15, 0.2) is 162 Å². The predicted octanol–water partition coefficient (Wildman–Crippen LogP) is 10.2. The van der Waals surface area contributed by atoms with E-state index >= 15 is 0 Å². The van der Waals surface area contributed by atoms with Crippen molar-refractivity contribution in [1.82, 2.24) is 0 Å². The number of rotatable bonds is 25. The number of fused-ring (bicyclic) bond motifs is 3. The van der Waals surface area contributed by atoms with Crippen molar-refractivity contribution in [2.24, 2.45) is 0 Å². The van der Waals surface area contributed by atoms with Gasteiger partial charge in [-0.15, -0.1) is 0 Å². The first-order valence-corrected chi connectivity index (χ1v) is 26.4. The standard InChI is InChI=1S/C58H65O7P.Os/c1-6-17-46-24-26-53-54-27-25-48(42-57(54)58(56(53)40-46,28-30-61-36-38-63-34-32-59-4)29-31-62-37-39-64-35-33-60-5)55(41-49-44-65-43-47(49)7-2)45(3)66(50-18-11-8-12-19-50,51-20-13-9-14-21-51)52-22-15-10-16-23-52;/h6-27,40-42H,28-39,43-44H2,1-2,4-5H3;/q+1;/b17-6+,47-7?,49-41?,55-45?;. The molecule has 1 fully saturated rings. The van der Waals surface area contributed by atoms with Crippen LogP contribution < -0.4 is 15.9 Å². The molecule has 5 aromatic carbocycles. The van der Waals surface area contributed by atoms with Gasteiger partial charge in [0.1, 0.15) is 0 Å². The summed E-state index contributed by atoms with van der Waals surface area (Å²) in [6, 6.07) is 47.4. The summed E-state index contributed by atoms with van der Waals surface area (Å²) in [4.78, 5) is 0. The van der Waals surface area contributed by atoms with Crippen molar-refractivity contribution in [2.75, 3.05) is 93.5 Å². The van der Waals surface area contributed by atoms with Gasteiger partial charge in [0.25, 0.3) is 0 Å². The zero-order valence-electron chi connectivity index (χ0n) is 39.5. The minimum absolute atomic E-state index is 0.429. The van der Waals surface area contributed by atoms with E-state index in [0.29, 0.717) is 79.3 Å². The zero-order chi connectivity index (χ0) is 46.7. The van der Waals surface area contributed by atoms with Crippen molar-refractivity contribution in [3.63, 3.8) is 0 Å². The summed E-state index contributed by atoms with van der Waals surface area (Å²) in [7, 11) is 0.794. The molecule has 351 valence electrons. The van der Waals surface area contributed by atoms with Crippen molar-refractivity contribution in [2.45, 2.75) is 32.1 Å². The number of benzene rings is 5. The molecule has 67 heavy (non-hydrogen) atoms. The third kappa shape index (κ3) is 11.7. The molecule has 1 heterocycles. The van der Waals surface area contributed by atoms with E-state index in [4.69, 9.17) is 33.2 Å². The molecule has 0 spiro atoms. The van der Waals surface area contributed by atoms with Crippen molar-refractivity contribution >= 4 is 34.8 Å². The third-order valence-corrected chi connectivity index (χ3v) is 18.1. The van der Waals surface area contributed by atoms with Gasteiger partial charge in [0.15, 0.2) is 0 Å². The van der Waals surface area contributed by atoms with Crippen LogP contribution in [0.4, 0.5) is 0 Å². The van der Waals surface area contributed by atoms with Crippen LogP contribution in [-0.4, -0.2) is 93.5 Å². The van der Waals surface area contributed by atoms with Crippen LogP contribution in [0.5, 0.6) is 0 Å². The fourth-order valence-corrected chi connectivity index (χ4v) is 15.3. The summed E-state index contributed by atoms with van der Waals surface area (Å²) < 4.78 is 45.0. The van der Waals surface area contributed by atoms with Crippen LogP contribution >= 0.6 is 7.26 Å². The van der Waals surface area contributed by atoms with Crippen LogP contribution in [0.3, 0.4) is 0 Å². The summed E-state index contributed by atoms with van der Waals surface area (Å²) >= 11 is 1.82. The molecular weight excluding hydrogens is 1030 g/mol. The first-order valence-electron chi connectivity index (χ1n) is 23.4. The average Bonchev–Trinajstić information content (AvgIpc) is 3.94. The SMILES string of the molecule is CC=C1COCC1=CC(=C([C]#[Os])[P+](c1ccccc1)(c1ccccc1)c1ccccc1)c1ccc2c(c1)C(CCOCCOCCOC)(CCOCCOCCOC)c1cc(/C=C/C)ccc1-2. The number of allylic oxidation sites excluding steroid dienone is 5. The number of methoxy groups -OCH3 is 2.